The lowest BCUT2D eigenvalue weighted by Crippen LogP contribution is -2.67. The molecule has 5 aliphatic heterocycles. The molecule has 0 amide bonds. The number of phenols is 1. The highest BCUT2D eigenvalue weighted by atomic mass is 16.7. The van der Waals surface area contributed by atoms with Crippen LogP contribution in [-0.4, -0.2) is 72.3 Å². The number of ether oxygens (including phenoxy) is 4. The number of hydrogen-bond donors (Lipinski definition) is 2. The summed E-state index contributed by atoms with van der Waals surface area (Å²) < 4.78 is 23.8. The van der Waals surface area contributed by atoms with E-state index in [9.17, 15) is 10.2 Å². The predicted octanol–water partition coefficient (Wildman–Crippen LogP) is 3.57. The van der Waals surface area contributed by atoms with E-state index < -0.39 is 0 Å². The Morgan fingerprint density at radius 1 is 1.22 bits per heavy atom. The van der Waals surface area contributed by atoms with Crippen LogP contribution >= 0.6 is 0 Å². The highest BCUT2D eigenvalue weighted by Gasteiger charge is 2.57. The number of piperazine rings is 1. The van der Waals surface area contributed by atoms with Gasteiger partial charge in [0.1, 0.15) is 12.4 Å². The summed E-state index contributed by atoms with van der Waals surface area (Å²) >= 11 is 0. The van der Waals surface area contributed by atoms with E-state index in [-0.39, 0.29) is 42.8 Å². The molecule has 8 heteroatoms. The molecule has 5 aliphatic rings. The Kier molecular flexibility index (Phi) is 5.64. The lowest BCUT2D eigenvalue weighted by Gasteiger charge is -2.59. The van der Waals surface area contributed by atoms with Gasteiger partial charge in [0, 0.05) is 40.4 Å². The summed E-state index contributed by atoms with van der Waals surface area (Å²) in [7, 11) is 3.73. The van der Waals surface area contributed by atoms with Crippen molar-refractivity contribution in [2.45, 2.75) is 57.3 Å². The van der Waals surface area contributed by atoms with Gasteiger partial charge in [-0.25, -0.2) is 0 Å². The Bertz CT molecular complexity index is 1290. The number of aliphatic hydroxyl groups is 1. The van der Waals surface area contributed by atoms with E-state index in [1.807, 2.05) is 13.8 Å². The molecule has 198 valence electrons. The molecule has 0 aromatic heterocycles. The van der Waals surface area contributed by atoms with Gasteiger partial charge in [-0.05, 0) is 51.8 Å². The molecule has 7 rings (SSSR count). The van der Waals surface area contributed by atoms with Crippen molar-refractivity contribution in [2.75, 3.05) is 40.7 Å². The SMILES string of the molecule is C=CCOc1c(C)c2c(c3c1C[C@H]1C4c5c(cc(C)c(OC)c5O)CC(C)(CN4C)N1[C@H]3CO)OCO2. The molecule has 2 aromatic rings. The first-order valence-electron chi connectivity index (χ1n) is 12.9. The molecule has 1 fully saturated rings. The molecule has 37 heavy (non-hydrogen) atoms. The molecule has 0 saturated carbocycles. The minimum atomic E-state index is -0.309. The van der Waals surface area contributed by atoms with Gasteiger partial charge < -0.3 is 29.2 Å². The van der Waals surface area contributed by atoms with Gasteiger partial charge in [0.15, 0.2) is 23.0 Å². The summed E-state index contributed by atoms with van der Waals surface area (Å²) in [6, 6.07) is 1.74. The maximum absolute atomic E-state index is 11.5. The zero-order chi connectivity index (χ0) is 26.2. The van der Waals surface area contributed by atoms with Crippen molar-refractivity contribution in [2.24, 2.45) is 0 Å². The van der Waals surface area contributed by atoms with E-state index in [0.29, 0.717) is 30.3 Å². The average molecular weight is 509 g/mol. The van der Waals surface area contributed by atoms with Crippen molar-refractivity contribution < 1.29 is 29.2 Å². The second kappa shape index (κ2) is 8.55. The van der Waals surface area contributed by atoms with E-state index in [0.717, 1.165) is 52.1 Å². The highest BCUT2D eigenvalue weighted by Crippen LogP contribution is 2.59. The second-order valence-electron chi connectivity index (χ2n) is 11.1. The van der Waals surface area contributed by atoms with Gasteiger partial charge in [0.05, 0.1) is 25.8 Å². The predicted molar refractivity (Wildman–Crippen MR) is 139 cm³/mol. The van der Waals surface area contributed by atoms with Gasteiger partial charge in [-0.3, -0.25) is 9.80 Å². The van der Waals surface area contributed by atoms with Gasteiger partial charge in [-0.1, -0.05) is 18.7 Å². The first-order chi connectivity index (χ1) is 17.8. The number of rotatable bonds is 5. The summed E-state index contributed by atoms with van der Waals surface area (Å²) in [4.78, 5) is 4.83. The summed E-state index contributed by atoms with van der Waals surface area (Å²) in [5, 5.41) is 22.5. The maximum Gasteiger partial charge on any atom is 0.231 e. The summed E-state index contributed by atoms with van der Waals surface area (Å²) in [5.74, 6) is 2.93. The quantitative estimate of drug-likeness (QED) is 0.593. The van der Waals surface area contributed by atoms with Gasteiger partial charge in [0.2, 0.25) is 6.79 Å². The Morgan fingerprint density at radius 2 is 1.97 bits per heavy atom. The fourth-order valence-electron chi connectivity index (χ4n) is 7.72. The number of methoxy groups -OCH3 is 1. The number of aromatic hydroxyl groups is 1. The van der Waals surface area contributed by atoms with Crippen LogP contribution in [0.3, 0.4) is 0 Å². The summed E-state index contributed by atoms with van der Waals surface area (Å²) in [5.41, 5.74) is 5.57. The van der Waals surface area contributed by atoms with Crippen LogP contribution in [-0.2, 0) is 12.8 Å². The largest absolute Gasteiger partial charge is 0.504 e. The van der Waals surface area contributed by atoms with Crippen LogP contribution in [0.25, 0.3) is 0 Å². The van der Waals surface area contributed by atoms with Gasteiger partial charge in [-0.2, -0.15) is 0 Å². The number of phenolic OH excluding ortho intramolecular Hbond substituents is 1. The van der Waals surface area contributed by atoms with E-state index in [2.05, 4.69) is 36.4 Å². The van der Waals surface area contributed by atoms with Crippen LogP contribution in [0.15, 0.2) is 18.7 Å². The molecule has 5 heterocycles. The molecule has 2 aromatic carbocycles. The topological polar surface area (TPSA) is 83.9 Å². The number of fused-ring (bicyclic) bond motifs is 4. The first-order valence-corrected chi connectivity index (χ1v) is 12.9. The molecule has 8 nitrogen and oxygen atoms in total. The van der Waals surface area contributed by atoms with E-state index in [1.165, 1.54) is 0 Å². The van der Waals surface area contributed by atoms with Crippen LogP contribution in [0.4, 0.5) is 0 Å². The molecular formula is C29H36N2O6. The number of aliphatic hydroxyl groups excluding tert-OH is 1. The van der Waals surface area contributed by atoms with Crippen LogP contribution in [0, 0.1) is 13.8 Å². The lowest BCUT2D eigenvalue weighted by atomic mass is 9.76. The maximum atomic E-state index is 11.5. The third kappa shape index (κ3) is 3.25. The number of aryl methyl sites for hydroxylation is 1. The standard InChI is InChI=1S/C29H36N2O6/c1-7-8-35-26-16(3)27-28(37-14-36-27)22-18(26)10-19-23-21-17(9-15(2)25(34-6)24(21)33)11-29(4,13-30(23)5)31(19)20(22)12-32/h7,9,19-20,23,32-33H,1,8,10-14H2,2-6H3/t19-,20-,23?,29?/m0/s1. The zero-order valence-electron chi connectivity index (χ0n) is 22.3. The van der Waals surface area contributed by atoms with Crippen molar-refractivity contribution in [3.63, 3.8) is 0 Å². The van der Waals surface area contributed by atoms with Crippen molar-refractivity contribution in [1.82, 2.24) is 9.80 Å². The summed E-state index contributed by atoms with van der Waals surface area (Å²) in [6.45, 7) is 11.3. The average Bonchev–Trinajstić information content (AvgIpc) is 3.27. The lowest BCUT2D eigenvalue weighted by molar-refractivity contribution is -0.100. The van der Waals surface area contributed by atoms with Gasteiger partial charge in [-0.15, -0.1) is 0 Å². The third-order valence-electron chi connectivity index (χ3n) is 8.78. The van der Waals surface area contributed by atoms with E-state index >= 15 is 0 Å². The smallest absolute Gasteiger partial charge is 0.231 e. The van der Waals surface area contributed by atoms with Crippen molar-refractivity contribution in [1.29, 1.82) is 0 Å². The number of likely N-dealkylation sites (N-methyl/N-ethyl adjacent to an activating group) is 1. The fraction of sp³-hybridized carbons (Fsp3) is 0.517. The highest BCUT2D eigenvalue weighted by molar-refractivity contribution is 5.66. The van der Waals surface area contributed by atoms with Crippen LogP contribution < -0.4 is 18.9 Å². The van der Waals surface area contributed by atoms with Crippen LogP contribution in [0.1, 0.15) is 52.4 Å². The molecule has 2 N–H and O–H groups in total. The van der Waals surface area contributed by atoms with Crippen LogP contribution in [0.2, 0.25) is 0 Å². The second-order valence-corrected chi connectivity index (χ2v) is 11.1. The number of hydrogen-bond acceptors (Lipinski definition) is 8. The Balaban J connectivity index is 1.61. The molecule has 0 spiro atoms. The van der Waals surface area contributed by atoms with Gasteiger partial charge >= 0.3 is 0 Å². The third-order valence-corrected chi connectivity index (χ3v) is 8.78. The Morgan fingerprint density at radius 3 is 2.68 bits per heavy atom. The normalized spacial score (nSPS) is 27.8. The zero-order valence-corrected chi connectivity index (χ0v) is 22.3. The van der Waals surface area contributed by atoms with Crippen LogP contribution in [0.5, 0.6) is 28.7 Å². The molecule has 2 unspecified atom stereocenters. The minimum Gasteiger partial charge on any atom is -0.504 e. The van der Waals surface area contributed by atoms with Crippen molar-refractivity contribution in [3.05, 3.63) is 52.1 Å². The van der Waals surface area contributed by atoms with Crippen molar-refractivity contribution >= 4 is 0 Å². The molecule has 0 aliphatic carbocycles. The fourth-order valence-corrected chi connectivity index (χ4v) is 7.72. The number of benzene rings is 2. The summed E-state index contributed by atoms with van der Waals surface area (Å²) in [6.07, 6.45) is 3.16. The monoisotopic (exact) mass is 508 g/mol. The minimum absolute atomic E-state index is 0.0150. The Hall–Kier alpha value is -2.94. The molecule has 4 atom stereocenters. The van der Waals surface area contributed by atoms with E-state index in [4.69, 9.17) is 18.9 Å². The first kappa shape index (κ1) is 24.4. The molecule has 1 saturated heterocycles. The van der Waals surface area contributed by atoms with E-state index in [1.54, 1.807) is 13.2 Å². The molecule has 0 radical (unpaired) electrons. The molecular weight excluding hydrogens is 472 g/mol. The Labute approximate surface area is 218 Å². The number of nitrogens with zero attached hydrogens (tertiary/aromatic N) is 2. The van der Waals surface area contributed by atoms with Gasteiger partial charge in [0.25, 0.3) is 0 Å². The molecule has 2 bridgehead atoms. The van der Waals surface area contributed by atoms with Crippen molar-refractivity contribution in [3.8, 4) is 28.7 Å².